The first kappa shape index (κ1) is 12.3. The van der Waals surface area contributed by atoms with Gasteiger partial charge in [-0.05, 0) is 42.5 Å². The second-order valence-corrected chi connectivity index (χ2v) is 4.85. The molecule has 0 radical (unpaired) electrons. The number of hydrogen-bond donors (Lipinski definition) is 2. The zero-order chi connectivity index (χ0) is 12.4. The molecule has 2 rings (SSSR count). The molecule has 1 aromatic rings. The Labute approximate surface area is 100 Å². The molecule has 0 saturated heterocycles. The summed E-state index contributed by atoms with van der Waals surface area (Å²) in [4.78, 5) is 1.97. The third-order valence-electron chi connectivity index (χ3n) is 3.31. The molecule has 94 valence electrons. The lowest BCUT2D eigenvalue weighted by Gasteiger charge is -2.35. The molecule has 0 aliphatic heterocycles. The largest absolute Gasteiger partial charge is 0.393 e. The highest BCUT2D eigenvalue weighted by Gasteiger charge is 2.28. The van der Waals surface area contributed by atoms with Crippen LogP contribution in [0.2, 0.25) is 0 Å². The molecule has 0 aromatic heterocycles. The molecule has 0 bridgehead atoms. The summed E-state index contributed by atoms with van der Waals surface area (Å²) in [5, 5.41) is 18.2. The fourth-order valence-electron chi connectivity index (χ4n) is 2.29. The fourth-order valence-corrected chi connectivity index (χ4v) is 2.29. The Bertz CT molecular complexity index is 391. The van der Waals surface area contributed by atoms with Crippen LogP contribution in [0.4, 0.5) is 10.1 Å². The highest BCUT2D eigenvalue weighted by Crippen LogP contribution is 2.29. The summed E-state index contributed by atoms with van der Waals surface area (Å²) in [6.45, 7) is 0.659. The molecule has 0 atom stereocenters. The van der Waals surface area contributed by atoms with E-state index >= 15 is 0 Å². The number of nitrogens with zero attached hydrogens (tertiary/aromatic N) is 1. The summed E-state index contributed by atoms with van der Waals surface area (Å²) in [7, 11) is 1.90. The number of aliphatic hydroxyl groups is 2. The molecule has 1 aromatic carbocycles. The van der Waals surface area contributed by atoms with Crippen molar-refractivity contribution in [3.63, 3.8) is 0 Å². The van der Waals surface area contributed by atoms with Crippen molar-refractivity contribution in [1.82, 2.24) is 0 Å². The van der Waals surface area contributed by atoms with Crippen LogP contribution in [0.1, 0.15) is 18.4 Å². The summed E-state index contributed by atoms with van der Waals surface area (Å²) < 4.78 is 13.3. The highest BCUT2D eigenvalue weighted by molar-refractivity contribution is 5.48. The van der Waals surface area contributed by atoms with Gasteiger partial charge in [0.1, 0.15) is 5.82 Å². The zero-order valence-corrected chi connectivity index (χ0v) is 9.93. The van der Waals surface area contributed by atoms with Gasteiger partial charge in [-0.1, -0.05) is 0 Å². The number of rotatable bonds is 4. The van der Waals surface area contributed by atoms with Crippen LogP contribution in [-0.2, 0) is 6.61 Å². The predicted molar refractivity (Wildman–Crippen MR) is 64.3 cm³/mol. The van der Waals surface area contributed by atoms with E-state index in [9.17, 15) is 9.50 Å². The summed E-state index contributed by atoms with van der Waals surface area (Å²) >= 11 is 0. The summed E-state index contributed by atoms with van der Waals surface area (Å²) in [6.07, 6.45) is 1.49. The Kier molecular flexibility index (Phi) is 3.64. The fraction of sp³-hybridized carbons (Fsp3) is 0.538. The number of halogens is 1. The first-order chi connectivity index (χ1) is 8.08. The average molecular weight is 239 g/mol. The van der Waals surface area contributed by atoms with E-state index in [0.717, 1.165) is 25.1 Å². The van der Waals surface area contributed by atoms with Crippen molar-refractivity contribution in [3.8, 4) is 0 Å². The van der Waals surface area contributed by atoms with E-state index in [1.165, 1.54) is 12.1 Å². The molecule has 1 aliphatic rings. The van der Waals surface area contributed by atoms with Crippen molar-refractivity contribution in [2.45, 2.75) is 25.6 Å². The van der Waals surface area contributed by atoms with Crippen molar-refractivity contribution < 1.29 is 14.6 Å². The summed E-state index contributed by atoms with van der Waals surface area (Å²) in [5.74, 6) is 0.155. The minimum Gasteiger partial charge on any atom is -0.393 e. The average Bonchev–Trinajstić information content (AvgIpc) is 2.26. The molecule has 0 amide bonds. The maximum atomic E-state index is 13.3. The maximum Gasteiger partial charge on any atom is 0.125 e. The number of hydrogen-bond acceptors (Lipinski definition) is 3. The van der Waals surface area contributed by atoms with E-state index in [2.05, 4.69) is 0 Å². The Morgan fingerprint density at radius 1 is 1.35 bits per heavy atom. The first-order valence-corrected chi connectivity index (χ1v) is 5.88. The summed E-state index contributed by atoms with van der Waals surface area (Å²) in [6, 6.07) is 4.59. The van der Waals surface area contributed by atoms with Crippen LogP contribution in [-0.4, -0.2) is 29.9 Å². The third-order valence-corrected chi connectivity index (χ3v) is 3.31. The number of benzene rings is 1. The molecule has 0 spiro atoms. The van der Waals surface area contributed by atoms with Gasteiger partial charge >= 0.3 is 0 Å². The monoisotopic (exact) mass is 239 g/mol. The van der Waals surface area contributed by atoms with Gasteiger partial charge in [-0.25, -0.2) is 4.39 Å². The van der Waals surface area contributed by atoms with Gasteiger partial charge in [0.2, 0.25) is 0 Å². The SMILES string of the molecule is CN(CC1CC(O)C1)c1cc(F)cc(CO)c1. The van der Waals surface area contributed by atoms with Crippen LogP contribution < -0.4 is 4.90 Å². The van der Waals surface area contributed by atoms with Crippen LogP contribution in [0, 0.1) is 11.7 Å². The first-order valence-electron chi connectivity index (χ1n) is 5.88. The van der Waals surface area contributed by atoms with Gasteiger partial charge in [-0.15, -0.1) is 0 Å². The minimum atomic E-state index is -0.327. The van der Waals surface area contributed by atoms with Crippen LogP contribution in [0.3, 0.4) is 0 Å². The van der Waals surface area contributed by atoms with Gasteiger partial charge in [-0.3, -0.25) is 0 Å². The molecule has 3 nitrogen and oxygen atoms in total. The lowest BCUT2D eigenvalue weighted by Crippen LogP contribution is -2.37. The predicted octanol–water partition coefficient (Wildman–Crippen LogP) is 1.53. The van der Waals surface area contributed by atoms with Crippen LogP contribution >= 0.6 is 0 Å². The smallest absolute Gasteiger partial charge is 0.125 e. The van der Waals surface area contributed by atoms with Crippen molar-refractivity contribution in [2.75, 3.05) is 18.5 Å². The van der Waals surface area contributed by atoms with E-state index < -0.39 is 0 Å². The van der Waals surface area contributed by atoms with Crippen molar-refractivity contribution in [3.05, 3.63) is 29.6 Å². The molecule has 1 aliphatic carbocycles. The highest BCUT2D eigenvalue weighted by atomic mass is 19.1. The number of anilines is 1. The van der Waals surface area contributed by atoms with E-state index in [1.807, 2.05) is 11.9 Å². The molecule has 0 unspecified atom stereocenters. The lowest BCUT2D eigenvalue weighted by atomic mass is 9.82. The van der Waals surface area contributed by atoms with Crippen molar-refractivity contribution in [2.24, 2.45) is 5.92 Å². The van der Waals surface area contributed by atoms with E-state index in [1.54, 1.807) is 6.07 Å². The molecule has 1 saturated carbocycles. The normalized spacial score (nSPS) is 23.3. The number of aliphatic hydroxyl groups excluding tert-OH is 2. The van der Waals surface area contributed by atoms with Gasteiger partial charge in [0.05, 0.1) is 12.7 Å². The quantitative estimate of drug-likeness (QED) is 0.837. The molecule has 2 N–H and O–H groups in total. The van der Waals surface area contributed by atoms with Gasteiger partial charge in [0.25, 0.3) is 0 Å². The molecule has 0 heterocycles. The van der Waals surface area contributed by atoms with E-state index in [4.69, 9.17) is 5.11 Å². The Morgan fingerprint density at radius 3 is 2.65 bits per heavy atom. The minimum absolute atomic E-state index is 0.152. The second kappa shape index (κ2) is 5.02. The zero-order valence-electron chi connectivity index (χ0n) is 9.93. The Morgan fingerprint density at radius 2 is 2.06 bits per heavy atom. The maximum absolute atomic E-state index is 13.3. The Balaban J connectivity index is 2.02. The van der Waals surface area contributed by atoms with Gasteiger partial charge < -0.3 is 15.1 Å². The van der Waals surface area contributed by atoms with Crippen LogP contribution in [0.5, 0.6) is 0 Å². The lowest BCUT2D eigenvalue weighted by molar-refractivity contribution is 0.0465. The Hall–Kier alpha value is -1.13. The molecular weight excluding hydrogens is 221 g/mol. The summed E-state index contributed by atoms with van der Waals surface area (Å²) in [5.41, 5.74) is 1.36. The van der Waals surface area contributed by atoms with Gasteiger partial charge in [-0.2, -0.15) is 0 Å². The third kappa shape index (κ3) is 2.96. The van der Waals surface area contributed by atoms with Crippen LogP contribution in [0.25, 0.3) is 0 Å². The van der Waals surface area contributed by atoms with Gasteiger partial charge in [0.15, 0.2) is 0 Å². The van der Waals surface area contributed by atoms with Gasteiger partial charge in [0, 0.05) is 19.3 Å². The van der Waals surface area contributed by atoms with E-state index in [0.29, 0.717) is 11.5 Å². The molecule has 1 fully saturated rings. The van der Waals surface area contributed by atoms with E-state index in [-0.39, 0.29) is 18.5 Å². The van der Waals surface area contributed by atoms with Crippen molar-refractivity contribution in [1.29, 1.82) is 0 Å². The molecule has 4 heteroatoms. The van der Waals surface area contributed by atoms with Crippen molar-refractivity contribution >= 4 is 5.69 Å². The molecular formula is C13H18FNO2. The topological polar surface area (TPSA) is 43.7 Å². The standard InChI is InChI=1S/C13H18FNO2/c1-15(7-9-4-13(17)5-9)12-3-10(8-16)2-11(14)6-12/h2-3,6,9,13,16-17H,4-5,7-8H2,1H3. The second-order valence-electron chi connectivity index (χ2n) is 4.85. The molecule has 17 heavy (non-hydrogen) atoms. The van der Waals surface area contributed by atoms with Crippen LogP contribution in [0.15, 0.2) is 18.2 Å².